The Hall–Kier alpha value is -2.37. The number of aryl methyl sites for hydroxylation is 1. The summed E-state index contributed by atoms with van der Waals surface area (Å²) in [5.41, 5.74) is 1.89. The molecule has 2 aliphatic rings. The highest BCUT2D eigenvalue weighted by Gasteiger charge is 2.41. The highest BCUT2D eigenvalue weighted by molar-refractivity contribution is 6.00. The van der Waals surface area contributed by atoms with Crippen LogP contribution in [0.15, 0.2) is 24.3 Å². The maximum Gasteiger partial charge on any atom is 0.323 e. The first-order valence-corrected chi connectivity index (χ1v) is 7.85. The van der Waals surface area contributed by atoms with E-state index in [2.05, 4.69) is 0 Å². The molecule has 3 rings (SSSR count). The monoisotopic (exact) mass is 316 g/mol. The minimum Gasteiger partial charge on any atom is -0.480 e. The number of carboxylic acids is 1. The molecule has 1 unspecified atom stereocenters. The number of amides is 2. The summed E-state index contributed by atoms with van der Waals surface area (Å²) < 4.78 is 0. The summed E-state index contributed by atoms with van der Waals surface area (Å²) in [5, 5.41) is 8.99. The maximum absolute atomic E-state index is 12.6. The smallest absolute Gasteiger partial charge is 0.323 e. The molecule has 6 nitrogen and oxygen atoms in total. The molecule has 1 N–H and O–H groups in total. The highest BCUT2D eigenvalue weighted by Crippen LogP contribution is 2.31. The summed E-state index contributed by atoms with van der Waals surface area (Å²) >= 11 is 0. The van der Waals surface area contributed by atoms with Gasteiger partial charge in [0.15, 0.2) is 0 Å². The van der Waals surface area contributed by atoms with Gasteiger partial charge in [0.2, 0.25) is 11.8 Å². The summed E-state index contributed by atoms with van der Waals surface area (Å²) in [6.45, 7) is 2.02. The first-order chi connectivity index (χ1) is 11.0. The fraction of sp³-hybridized carbons (Fsp3) is 0.471. The van der Waals surface area contributed by atoms with E-state index in [0.29, 0.717) is 6.54 Å². The second-order valence-corrected chi connectivity index (χ2v) is 6.33. The van der Waals surface area contributed by atoms with Crippen LogP contribution in [0.3, 0.4) is 0 Å². The van der Waals surface area contributed by atoms with E-state index in [4.69, 9.17) is 5.11 Å². The van der Waals surface area contributed by atoms with Crippen molar-refractivity contribution in [3.05, 3.63) is 29.8 Å². The van der Waals surface area contributed by atoms with Crippen LogP contribution in [0.1, 0.15) is 24.8 Å². The van der Waals surface area contributed by atoms with Crippen LogP contribution in [0.5, 0.6) is 0 Å². The molecular weight excluding hydrogens is 296 g/mol. The van der Waals surface area contributed by atoms with Crippen molar-refractivity contribution in [2.75, 3.05) is 18.0 Å². The van der Waals surface area contributed by atoms with Crippen LogP contribution in [0.2, 0.25) is 0 Å². The van der Waals surface area contributed by atoms with Crippen molar-refractivity contribution < 1.29 is 19.5 Å². The Balaban J connectivity index is 1.72. The van der Waals surface area contributed by atoms with Crippen molar-refractivity contribution in [3.63, 3.8) is 0 Å². The fourth-order valence-corrected chi connectivity index (χ4v) is 3.00. The van der Waals surface area contributed by atoms with Crippen molar-refractivity contribution in [1.29, 1.82) is 0 Å². The first kappa shape index (κ1) is 15.5. The summed E-state index contributed by atoms with van der Waals surface area (Å²) in [5.74, 6) is -1.76. The van der Waals surface area contributed by atoms with E-state index >= 15 is 0 Å². The Kier molecular flexibility index (Phi) is 4.07. The van der Waals surface area contributed by atoms with Crippen LogP contribution in [0.4, 0.5) is 5.69 Å². The van der Waals surface area contributed by atoms with Gasteiger partial charge in [-0.25, -0.2) is 0 Å². The van der Waals surface area contributed by atoms with Gasteiger partial charge in [-0.3, -0.25) is 14.4 Å². The molecule has 1 aromatic carbocycles. The van der Waals surface area contributed by atoms with E-state index in [1.165, 1.54) is 4.90 Å². The zero-order chi connectivity index (χ0) is 16.6. The molecule has 1 saturated carbocycles. The molecule has 1 aliphatic carbocycles. The van der Waals surface area contributed by atoms with Gasteiger partial charge in [-0.05, 0) is 31.9 Å². The minimum absolute atomic E-state index is 0.0297. The zero-order valence-corrected chi connectivity index (χ0v) is 13.1. The van der Waals surface area contributed by atoms with Gasteiger partial charge >= 0.3 is 5.97 Å². The third-order valence-corrected chi connectivity index (χ3v) is 4.40. The first-order valence-electron chi connectivity index (χ1n) is 7.85. The van der Waals surface area contributed by atoms with E-state index < -0.39 is 11.9 Å². The van der Waals surface area contributed by atoms with Gasteiger partial charge in [0.1, 0.15) is 6.54 Å². The number of carbonyl (C=O) groups is 3. The second-order valence-electron chi connectivity index (χ2n) is 6.33. The Labute approximate surface area is 134 Å². The molecule has 2 fully saturated rings. The number of nitrogens with zero attached hydrogens (tertiary/aromatic N) is 2. The average Bonchev–Trinajstić information content (AvgIpc) is 3.27. The molecule has 0 radical (unpaired) electrons. The largest absolute Gasteiger partial charge is 0.480 e. The van der Waals surface area contributed by atoms with Crippen molar-refractivity contribution in [2.24, 2.45) is 5.92 Å². The van der Waals surface area contributed by atoms with E-state index in [1.807, 2.05) is 31.2 Å². The fourth-order valence-electron chi connectivity index (χ4n) is 3.00. The lowest BCUT2D eigenvalue weighted by molar-refractivity contribution is -0.146. The molecule has 23 heavy (non-hydrogen) atoms. The van der Waals surface area contributed by atoms with Crippen LogP contribution >= 0.6 is 0 Å². The highest BCUT2D eigenvalue weighted by atomic mass is 16.4. The molecule has 0 bridgehead atoms. The van der Waals surface area contributed by atoms with Crippen LogP contribution in [-0.2, 0) is 14.4 Å². The van der Waals surface area contributed by atoms with Gasteiger partial charge in [-0.1, -0.05) is 17.7 Å². The SMILES string of the molecule is Cc1ccc(N2CC(C(=O)N(CC(=O)O)C3CC3)CC2=O)cc1. The number of hydrogen-bond donors (Lipinski definition) is 1. The summed E-state index contributed by atoms with van der Waals surface area (Å²) in [4.78, 5) is 38.9. The summed E-state index contributed by atoms with van der Waals surface area (Å²) in [6.07, 6.45) is 1.85. The van der Waals surface area contributed by atoms with Gasteiger partial charge in [0, 0.05) is 24.7 Å². The predicted octanol–water partition coefficient (Wildman–Crippen LogP) is 1.42. The summed E-state index contributed by atoms with van der Waals surface area (Å²) in [7, 11) is 0. The van der Waals surface area contributed by atoms with Crippen molar-refractivity contribution in [3.8, 4) is 0 Å². The second kappa shape index (κ2) is 6.02. The molecule has 1 atom stereocenters. The average molecular weight is 316 g/mol. The topological polar surface area (TPSA) is 77.9 Å². The third kappa shape index (κ3) is 3.36. The standard InChI is InChI=1S/C17H20N2O4/c1-11-2-4-13(5-3-11)18-9-12(8-15(18)20)17(23)19(10-16(21)22)14-6-7-14/h2-5,12,14H,6-10H2,1H3,(H,21,22). The Morgan fingerprint density at radius 2 is 1.91 bits per heavy atom. The number of carboxylic acid groups (broad SMARTS) is 1. The van der Waals surface area contributed by atoms with Gasteiger partial charge in [0.25, 0.3) is 0 Å². The Morgan fingerprint density at radius 1 is 1.26 bits per heavy atom. The molecule has 6 heteroatoms. The molecule has 2 amide bonds. The number of anilines is 1. The van der Waals surface area contributed by atoms with Gasteiger partial charge in [-0.2, -0.15) is 0 Å². The minimum atomic E-state index is -1.01. The van der Waals surface area contributed by atoms with Gasteiger partial charge in [0.05, 0.1) is 5.92 Å². The predicted molar refractivity (Wildman–Crippen MR) is 84.0 cm³/mol. The van der Waals surface area contributed by atoms with E-state index in [-0.39, 0.29) is 30.8 Å². The molecule has 0 spiro atoms. The lowest BCUT2D eigenvalue weighted by Gasteiger charge is -2.24. The molecule has 1 aromatic rings. The van der Waals surface area contributed by atoms with Crippen molar-refractivity contribution in [2.45, 2.75) is 32.2 Å². The quantitative estimate of drug-likeness (QED) is 0.891. The number of aliphatic carboxylic acids is 1. The molecule has 1 aliphatic heterocycles. The number of benzene rings is 1. The maximum atomic E-state index is 12.6. The Morgan fingerprint density at radius 3 is 2.48 bits per heavy atom. The number of rotatable bonds is 5. The van der Waals surface area contributed by atoms with E-state index in [0.717, 1.165) is 24.1 Å². The van der Waals surface area contributed by atoms with Crippen molar-refractivity contribution >= 4 is 23.5 Å². The van der Waals surface area contributed by atoms with Crippen LogP contribution in [0, 0.1) is 12.8 Å². The van der Waals surface area contributed by atoms with Crippen LogP contribution in [0.25, 0.3) is 0 Å². The Bertz CT molecular complexity index is 636. The lowest BCUT2D eigenvalue weighted by atomic mass is 10.1. The lowest BCUT2D eigenvalue weighted by Crippen LogP contribution is -2.42. The van der Waals surface area contributed by atoms with E-state index in [1.54, 1.807) is 4.90 Å². The van der Waals surface area contributed by atoms with Gasteiger partial charge in [-0.15, -0.1) is 0 Å². The third-order valence-electron chi connectivity index (χ3n) is 4.40. The zero-order valence-electron chi connectivity index (χ0n) is 13.1. The van der Waals surface area contributed by atoms with Crippen molar-refractivity contribution in [1.82, 2.24) is 4.90 Å². The number of carbonyl (C=O) groups excluding carboxylic acids is 2. The van der Waals surface area contributed by atoms with Crippen LogP contribution < -0.4 is 4.90 Å². The molecule has 1 saturated heterocycles. The molecule has 122 valence electrons. The van der Waals surface area contributed by atoms with Crippen LogP contribution in [-0.4, -0.2) is 46.9 Å². The molecule has 0 aromatic heterocycles. The summed E-state index contributed by atoms with van der Waals surface area (Å²) in [6, 6.07) is 7.63. The molecule has 1 heterocycles. The van der Waals surface area contributed by atoms with Gasteiger partial charge < -0.3 is 14.9 Å². The van der Waals surface area contributed by atoms with E-state index in [9.17, 15) is 14.4 Å². The molecular formula is C17H20N2O4. The normalized spacial score (nSPS) is 20.7. The number of hydrogen-bond acceptors (Lipinski definition) is 3.